The van der Waals surface area contributed by atoms with E-state index in [1.165, 1.54) is 70.9 Å². The molecule has 0 bridgehead atoms. The molecular formula is C64H41NO. The zero-order chi connectivity index (χ0) is 43.6. The molecule has 13 aromatic rings. The highest BCUT2D eigenvalue weighted by atomic mass is 16.3. The third kappa shape index (κ3) is 6.34. The minimum absolute atomic E-state index is 0.897. The fourth-order valence-corrected chi connectivity index (χ4v) is 10.3. The maximum Gasteiger partial charge on any atom is 0.136 e. The Morgan fingerprint density at radius 1 is 0.242 bits per heavy atom. The molecular weight excluding hydrogens is 799 g/mol. The number of hydrogen-bond donors (Lipinski definition) is 0. The molecule has 0 aliphatic carbocycles. The molecule has 1 aromatic heterocycles. The molecule has 0 atom stereocenters. The summed E-state index contributed by atoms with van der Waals surface area (Å²) in [5, 5.41) is 12.4. The Labute approximate surface area is 382 Å². The van der Waals surface area contributed by atoms with Crippen molar-refractivity contribution in [2.75, 3.05) is 4.90 Å². The van der Waals surface area contributed by atoms with Crippen LogP contribution in [0, 0.1) is 0 Å². The molecule has 308 valence electrons. The Hall–Kier alpha value is -8.72. The number of para-hydroxylation sites is 1. The van der Waals surface area contributed by atoms with E-state index in [4.69, 9.17) is 4.42 Å². The number of fused-ring (bicyclic) bond motifs is 9. The van der Waals surface area contributed by atoms with E-state index < -0.39 is 0 Å². The van der Waals surface area contributed by atoms with Gasteiger partial charge in [-0.2, -0.15) is 0 Å². The van der Waals surface area contributed by atoms with Crippen LogP contribution in [-0.2, 0) is 0 Å². The molecule has 0 aliphatic rings. The second-order valence-electron chi connectivity index (χ2n) is 17.2. The molecule has 12 aromatic carbocycles. The van der Waals surface area contributed by atoms with Gasteiger partial charge in [0.2, 0.25) is 0 Å². The Morgan fingerprint density at radius 3 is 1.39 bits per heavy atom. The smallest absolute Gasteiger partial charge is 0.136 e. The average molecular weight is 840 g/mol. The van der Waals surface area contributed by atoms with Gasteiger partial charge < -0.3 is 9.32 Å². The van der Waals surface area contributed by atoms with Crippen molar-refractivity contribution in [3.63, 3.8) is 0 Å². The van der Waals surface area contributed by atoms with Crippen LogP contribution >= 0.6 is 0 Å². The van der Waals surface area contributed by atoms with Crippen LogP contribution in [0.15, 0.2) is 253 Å². The first-order chi connectivity index (χ1) is 32.7. The standard InChI is InChI=1S/C64H41NO/c1-3-18-52-43(12-1)34-38-59-54(21-9-24-57(52)59)45-30-28-42(29-31-45)47-14-7-16-50(40-47)65(49-36-32-46(33-37-49)56-23-11-27-63-64(56)61-20-5-6-26-62(61)66-63)51-17-8-15-48(41-51)55-22-10-25-58-53-19-4-2-13-44(53)35-39-60(55)58/h1-41H. The van der Waals surface area contributed by atoms with Crippen LogP contribution in [-0.4, -0.2) is 0 Å². The first-order valence-corrected chi connectivity index (χ1v) is 22.7. The normalized spacial score (nSPS) is 11.6. The van der Waals surface area contributed by atoms with Gasteiger partial charge in [0, 0.05) is 27.8 Å². The third-order valence-corrected chi connectivity index (χ3v) is 13.5. The monoisotopic (exact) mass is 839 g/mol. The Balaban J connectivity index is 0.918. The molecule has 13 rings (SSSR count). The molecule has 66 heavy (non-hydrogen) atoms. The number of hydrogen-bond acceptors (Lipinski definition) is 2. The van der Waals surface area contributed by atoms with Crippen LogP contribution in [0.4, 0.5) is 17.1 Å². The van der Waals surface area contributed by atoms with E-state index in [0.717, 1.165) is 55.7 Å². The van der Waals surface area contributed by atoms with Crippen molar-refractivity contribution in [3.8, 4) is 44.5 Å². The summed E-state index contributed by atoms with van der Waals surface area (Å²) in [5.41, 5.74) is 14.5. The zero-order valence-corrected chi connectivity index (χ0v) is 36.0. The maximum atomic E-state index is 6.29. The van der Waals surface area contributed by atoms with E-state index >= 15 is 0 Å². The van der Waals surface area contributed by atoms with Crippen molar-refractivity contribution in [1.29, 1.82) is 0 Å². The average Bonchev–Trinajstić information content (AvgIpc) is 3.78. The topological polar surface area (TPSA) is 16.4 Å². The summed E-state index contributed by atoms with van der Waals surface area (Å²) in [4.78, 5) is 2.39. The van der Waals surface area contributed by atoms with Gasteiger partial charge in [-0.1, -0.05) is 200 Å². The van der Waals surface area contributed by atoms with Crippen molar-refractivity contribution < 1.29 is 4.42 Å². The van der Waals surface area contributed by atoms with Crippen molar-refractivity contribution in [2.24, 2.45) is 0 Å². The van der Waals surface area contributed by atoms with Gasteiger partial charge in [0.05, 0.1) is 0 Å². The molecule has 0 aliphatic heterocycles. The van der Waals surface area contributed by atoms with Gasteiger partial charge >= 0.3 is 0 Å². The summed E-state index contributed by atoms with van der Waals surface area (Å²) in [6.07, 6.45) is 0. The van der Waals surface area contributed by atoms with Crippen molar-refractivity contribution in [2.45, 2.75) is 0 Å². The van der Waals surface area contributed by atoms with E-state index in [1.54, 1.807) is 0 Å². The minimum atomic E-state index is 0.897. The van der Waals surface area contributed by atoms with Crippen molar-refractivity contribution >= 4 is 82.1 Å². The summed E-state index contributed by atoms with van der Waals surface area (Å²) in [7, 11) is 0. The van der Waals surface area contributed by atoms with Gasteiger partial charge in [-0.3, -0.25) is 0 Å². The molecule has 2 nitrogen and oxygen atoms in total. The van der Waals surface area contributed by atoms with Gasteiger partial charge in [-0.05, 0) is 136 Å². The molecule has 0 saturated heterocycles. The highest BCUT2D eigenvalue weighted by Gasteiger charge is 2.18. The second kappa shape index (κ2) is 15.5. The quantitative estimate of drug-likeness (QED) is 0.149. The van der Waals surface area contributed by atoms with Gasteiger partial charge in [0.15, 0.2) is 0 Å². The largest absolute Gasteiger partial charge is 0.456 e. The fraction of sp³-hybridized carbons (Fsp3) is 0. The highest BCUT2D eigenvalue weighted by molar-refractivity contribution is 6.14. The number of nitrogens with zero attached hydrogens (tertiary/aromatic N) is 1. The number of anilines is 3. The van der Waals surface area contributed by atoms with E-state index in [0.29, 0.717) is 0 Å². The highest BCUT2D eigenvalue weighted by Crippen LogP contribution is 2.43. The minimum Gasteiger partial charge on any atom is -0.456 e. The van der Waals surface area contributed by atoms with Gasteiger partial charge in [-0.25, -0.2) is 0 Å². The van der Waals surface area contributed by atoms with E-state index in [-0.39, 0.29) is 0 Å². The lowest BCUT2D eigenvalue weighted by Gasteiger charge is -2.27. The number of rotatable bonds is 7. The fourth-order valence-electron chi connectivity index (χ4n) is 10.3. The number of benzene rings is 12. The second-order valence-corrected chi connectivity index (χ2v) is 17.2. The zero-order valence-electron chi connectivity index (χ0n) is 36.0. The number of furan rings is 1. The Bertz CT molecular complexity index is 3990. The van der Waals surface area contributed by atoms with Gasteiger partial charge in [0.1, 0.15) is 11.2 Å². The lowest BCUT2D eigenvalue weighted by Crippen LogP contribution is -2.10. The van der Waals surface area contributed by atoms with Crippen LogP contribution in [0.1, 0.15) is 0 Å². The molecule has 2 heteroatoms. The molecule has 0 amide bonds. The van der Waals surface area contributed by atoms with E-state index in [1.807, 2.05) is 12.1 Å². The summed E-state index contributed by atoms with van der Waals surface area (Å²) < 4.78 is 6.29. The van der Waals surface area contributed by atoms with Crippen LogP contribution in [0.25, 0.3) is 110 Å². The SMILES string of the molecule is c1cc(-c2ccc(-c3cccc4c3ccc3ccccc34)cc2)cc(N(c2ccc(-c3cccc4oc5ccccc5c34)cc2)c2cccc(-c3cccc4c3ccc3ccccc34)c2)c1. The predicted molar refractivity (Wildman–Crippen MR) is 280 cm³/mol. The van der Waals surface area contributed by atoms with Crippen LogP contribution in [0.5, 0.6) is 0 Å². The van der Waals surface area contributed by atoms with Crippen LogP contribution < -0.4 is 4.90 Å². The lowest BCUT2D eigenvalue weighted by atomic mass is 9.93. The van der Waals surface area contributed by atoms with Crippen molar-refractivity contribution in [1.82, 2.24) is 0 Å². The lowest BCUT2D eigenvalue weighted by molar-refractivity contribution is 0.669. The third-order valence-electron chi connectivity index (χ3n) is 13.5. The molecule has 0 saturated carbocycles. The van der Waals surface area contributed by atoms with Gasteiger partial charge in [0.25, 0.3) is 0 Å². The summed E-state index contributed by atoms with van der Waals surface area (Å²) >= 11 is 0. The van der Waals surface area contributed by atoms with Gasteiger partial charge in [-0.15, -0.1) is 0 Å². The first kappa shape index (κ1) is 37.8. The molecule has 0 fully saturated rings. The molecule has 0 radical (unpaired) electrons. The summed E-state index contributed by atoms with van der Waals surface area (Å²) in [6.45, 7) is 0. The Kier molecular flexibility index (Phi) is 8.89. The first-order valence-electron chi connectivity index (χ1n) is 22.7. The molecule has 0 N–H and O–H groups in total. The van der Waals surface area contributed by atoms with E-state index in [9.17, 15) is 0 Å². The maximum absolute atomic E-state index is 6.29. The van der Waals surface area contributed by atoms with E-state index in [2.05, 4.69) is 241 Å². The summed E-state index contributed by atoms with van der Waals surface area (Å²) in [5.74, 6) is 0. The van der Waals surface area contributed by atoms with Crippen LogP contribution in [0.2, 0.25) is 0 Å². The van der Waals surface area contributed by atoms with Crippen molar-refractivity contribution in [3.05, 3.63) is 249 Å². The molecule has 0 unspecified atom stereocenters. The molecule has 0 spiro atoms. The molecule has 1 heterocycles. The summed E-state index contributed by atoms with van der Waals surface area (Å²) in [6, 6.07) is 90.3. The Morgan fingerprint density at radius 2 is 0.712 bits per heavy atom. The van der Waals surface area contributed by atoms with Crippen LogP contribution in [0.3, 0.4) is 0 Å². The predicted octanol–water partition coefficient (Wildman–Crippen LogP) is 18.3.